The van der Waals surface area contributed by atoms with E-state index in [-0.39, 0.29) is 31.4 Å². The zero-order valence-electron chi connectivity index (χ0n) is 40.1. The minimum Gasteiger partial charge on any atom is -0.508 e. The summed E-state index contributed by atoms with van der Waals surface area (Å²) in [5.41, 5.74) is 0.638. The predicted molar refractivity (Wildman–Crippen MR) is 248 cm³/mol. The SMILES string of the molecule is CC=C1NC(=O)C(NC(=O)C(NC(=O)C(COS(=O)(=O)O)OC)C(C)C)C(C)OC(=O)C(C(C)C)NC(=O)C(Cc2ccc(O)cc2)N(C)C(=O)C(Cc2ccccc2)N2C(=O)C(CCC2O)NC1=O. The Morgan fingerprint density at radius 1 is 0.886 bits per heavy atom. The molecular formula is C46H63N7O16S. The maximum atomic E-state index is 15.0. The van der Waals surface area contributed by atoms with Gasteiger partial charge in [0.1, 0.15) is 66.6 Å². The van der Waals surface area contributed by atoms with Crippen LogP contribution in [0.2, 0.25) is 0 Å². The van der Waals surface area contributed by atoms with E-state index in [1.807, 2.05) is 0 Å². The first-order valence-corrected chi connectivity index (χ1v) is 23.9. The molecule has 2 heterocycles. The smallest absolute Gasteiger partial charge is 0.397 e. The Balaban J connectivity index is 1.82. The molecule has 0 spiro atoms. The van der Waals surface area contributed by atoms with E-state index >= 15 is 0 Å². The summed E-state index contributed by atoms with van der Waals surface area (Å²) in [4.78, 5) is 116. The van der Waals surface area contributed by atoms with Crippen LogP contribution in [0.3, 0.4) is 0 Å². The van der Waals surface area contributed by atoms with Gasteiger partial charge in [0.05, 0.1) is 0 Å². The number of nitrogens with one attached hydrogen (secondary N) is 5. The number of allylic oxidation sites excluding steroid dienone is 1. The van der Waals surface area contributed by atoms with Crippen LogP contribution in [-0.2, 0) is 75.3 Å². The highest BCUT2D eigenvalue weighted by Crippen LogP contribution is 2.26. The Kier molecular flexibility index (Phi) is 20.0. The summed E-state index contributed by atoms with van der Waals surface area (Å²) >= 11 is 0. The molecule has 24 heteroatoms. The van der Waals surface area contributed by atoms with Crippen molar-refractivity contribution in [2.75, 3.05) is 20.8 Å². The number of aliphatic hydroxyl groups excluding tert-OH is 1. The molecule has 384 valence electrons. The number of carbonyl (C=O) groups is 8. The minimum atomic E-state index is -4.99. The van der Waals surface area contributed by atoms with Gasteiger partial charge in [-0.1, -0.05) is 76.2 Å². The van der Waals surface area contributed by atoms with E-state index in [2.05, 4.69) is 30.8 Å². The maximum absolute atomic E-state index is 15.0. The molecule has 70 heavy (non-hydrogen) atoms. The average molecular weight is 1000 g/mol. The van der Waals surface area contributed by atoms with Crippen molar-refractivity contribution in [1.82, 2.24) is 36.4 Å². The van der Waals surface area contributed by atoms with E-state index in [1.54, 1.807) is 44.2 Å². The molecule has 2 aromatic carbocycles. The highest BCUT2D eigenvalue weighted by molar-refractivity contribution is 7.80. The zero-order valence-corrected chi connectivity index (χ0v) is 40.9. The molecule has 2 aliphatic rings. The number of esters is 1. The number of likely N-dealkylation sites (N-methyl/N-ethyl adjacent to an activating group) is 1. The van der Waals surface area contributed by atoms with Crippen molar-refractivity contribution >= 4 is 57.7 Å². The molecule has 0 aliphatic carbocycles. The van der Waals surface area contributed by atoms with Crippen LogP contribution in [0, 0.1) is 11.8 Å². The normalized spacial score (nSPS) is 24.9. The van der Waals surface area contributed by atoms with Crippen LogP contribution in [0.4, 0.5) is 0 Å². The van der Waals surface area contributed by atoms with Gasteiger partial charge in [0, 0.05) is 27.0 Å². The average Bonchev–Trinajstić information content (AvgIpc) is 3.30. The Bertz CT molecular complexity index is 2370. The third-order valence-electron chi connectivity index (χ3n) is 11.8. The fourth-order valence-electron chi connectivity index (χ4n) is 7.79. The van der Waals surface area contributed by atoms with Crippen LogP contribution in [-0.4, -0.2) is 156 Å². The third kappa shape index (κ3) is 15.0. The monoisotopic (exact) mass is 1000 g/mol. The molecule has 9 unspecified atom stereocenters. The fraction of sp³-hybridized carbons (Fsp3) is 0.522. The number of benzene rings is 2. The number of phenolic OH excluding ortho intramolecular Hbond substituents is 1. The molecule has 2 bridgehead atoms. The number of hydrogen-bond acceptors (Lipinski definition) is 15. The summed E-state index contributed by atoms with van der Waals surface area (Å²) in [6.07, 6.45) is -4.11. The number of carbonyl (C=O) groups excluding carboxylic acids is 8. The lowest BCUT2D eigenvalue weighted by atomic mass is 9.95. The quantitative estimate of drug-likeness (QED) is 0.0663. The van der Waals surface area contributed by atoms with E-state index in [1.165, 1.54) is 65.1 Å². The summed E-state index contributed by atoms with van der Waals surface area (Å²) < 4.78 is 46.4. The highest BCUT2D eigenvalue weighted by Gasteiger charge is 2.45. The van der Waals surface area contributed by atoms with Crippen molar-refractivity contribution in [1.29, 1.82) is 0 Å². The summed E-state index contributed by atoms with van der Waals surface area (Å²) in [7, 11) is -2.62. The van der Waals surface area contributed by atoms with E-state index in [0.717, 1.165) is 16.9 Å². The first-order valence-electron chi connectivity index (χ1n) is 22.5. The fourth-order valence-corrected chi connectivity index (χ4v) is 8.08. The number of piperidine rings is 1. The first kappa shape index (κ1) is 56.1. The van der Waals surface area contributed by atoms with Gasteiger partial charge in [0.2, 0.25) is 23.6 Å². The number of ether oxygens (including phenoxy) is 2. The lowest BCUT2D eigenvalue weighted by molar-refractivity contribution is -0.165. The number of amides is 7. The van der Waals surface area contributed by atoms with Gasteiger partial charge in [-0.25, -0.2) is 8.98 Å². The van der Waals surface area contributed by atoms with Gasteiger partial charge >= 0.3 is 16.4 Å². The summed E-state index contributed by atoms with van der Waals surface area (Å²) in [6.45, 7) is 7.85. The molecule has 2 aromatic rings. The number of aliphatic hydroxyl groups is 1. The molecule has 0 radical (unpaired) electrons. The number of hydrogen-bond donors (Lipinski definition) is 8. The van der Waals surface area contributed by atoms with Gasteiger partial charge in [-0.3, -0.25) is 38.1 Å². The maximum Gasteiger partial charge on any atom is 0.397 e. The molecule has 0 saturated carbocycles. The predicted octanol–water partition coefficient (Wildman–Crippen LogP) is -0.635. The van der Waals surface area contributed by atoms with Crippen LogP contribution in [0.5, 0.6) is 5.75 Å². The number of rotatable bonds is 14. The molecule has 0 aromatic heterocycles. The van der Waals surface area contributed by atoms with Gasteiger partial charge < -0.3 is 56.1 Å². The van der Waals surface area contributed by atoms with Crippen molar-refractivity contribution in [3.63, 3.8) is 0 Å². The lowest BCUT2D eigenvalue weighted by Gasteiger charge is -2.43. The minimum absolute atomic E-state index is 0.0742. The standard InChI is InChI=1S/C46H63N7O16S/c1-9-30-39(56)48-31-19-20-35(55)53(44(31)61)33(22-27-13-11-10-12-14-27)45(62)52(7)32(21-28-15-17-29(54)18-16-28)40(57)50-37(25(4)5)46(63)69-26(6)38(43(60)47-30)51-42(59)36(24(2)3)49-41(58)34(67-8)23-68-70(64,65)66/h9-18,24-26,31-38,54-55H,19-23H2,1-8H3,(H,47,60)(H,48,56)(H,49,58)(H,50,57)(H,51,59)(H,64,65,66). The number of aromatic hydroxyl groups is 1. The second kappa shape index (κ2) is 24.9. The van der Waals surface area contributed by atoms with Crippen molar-refractivity contribution in [3.8, 4) is 5.75 Å². The van der Waals surface area contributed by atoms with E-state index < -0.39 is 137 Å². The van der Waals surface area contributed by atoms with Crippen molar-refractivity contribution < 1.29 is 75.2 Å². The van der Waals surface area contributed by atoms with Gasteiger partial charge in [-0.05, 0) is 61.8 Å². The van der Waals surface area contributed by atoms with Gasteiger partial charge in [-0.2, -0.15) is 8.42 Å². The van der Waals surface area contributed by atoms with Crippen LogP contribution in [0.1, 0.15) is 65.5 Å². The van der Waals surface area contributed by atoms with Crippen molar-refractivity contribution in [2.45, 2.75) is 122 Å². The largest absolute Gasteiger partial charge is 0.508 e. The van der Waals surface area contributed by atoms with E-state index in [4.69, 9.17) is 14.0 Å². The Morgan fingerprint density at radius 3 is 2.07 bits per heavy atom. The molecule has 2 aliphatic heterocycles. The lowest BCUT2D eigenvalue weighted by Crippen LogP contribution is -2.64. The van der Waals surface area contributed by atoms with Crippen molar-refractivity contribution in [3.05, 3.63) is 77.5 Å². The Hall–Kier alpha value is -6.47. The molecule has 7 amide bonds. The Morgan fingerprint density at radius 2 is 1.50 bits per heavy atom. The molecule has 2 fully saturated rings. The molecule has 9 atom stereocenters. The molecular weight excluding hydrogens is 939 g/mol. The van der Waals surface area contributed by atoms with Crippen LogP contribution in [0.25, 0.3) is 0 Å². The summed E-state index contributed by atoms with van der Waals surface area (Å²) in [5, 5.41) is 34.0. The van der Waals surface area contributed by atoms with Crippen LogP contribution in [0.15, 0.2) is 66.4 Å². The highest BCUT2D eigenvalue weighted by atomic mass is 32.3. The van der Waals surface area contributed by atoms with Crippen LogP contribution < -0.4 is 26.6 Å². The molecule has 2 saturated heterocycles. The summed E-state index contributed by atoms with van der Waals surface area (Å²) in [6, 6.07) is 5.40. The number of cyclic esters (lactones) is 1. The Labute approximate surface area is 406 Å². The van der Waals surface area contributed by atoms with E-state index in [9.17, 15) is 57.0 Å². The van der Waals surface area contributed by atoms with Crippen LogP contribution >= 0.6 is 0 Å². The summed E-state index contributed by atoms with van der Waals surface area (Å²) in [5.74, 6) is -9.30. The van der Waals surface area contributed by atoms with Gasteiger partial charge in [0.15, 0.2) is 6.10 Å². The second-order valence-corrected chi connectivity index (χ2v) is 18.7. The van der Waals surface area contributed by atoms with Gasteiger partial charge in [0.25, 0.3) is 17.7 Å². The number of methoxy groups -OCH3 is 1. The zero-order chi connectivity index (χ0) is 52.2. The van der Waals surface area contributed by atoms with Gasteiger partial charge in [-0.15, -0.1) is 0 Å². The first-order chi connectivity index (χ1) is 32.9. The second-order valence-electron chi connectivity index (χ2n) is 17.6. The molecule has 8 N–H and O–H groups in total. The number of fused-ring (bicyclic) bond motifs is 2. The number of phenols is 1. The van der Waals surface area contributed by atoms with Crippen molar-refractivity contribution in [2.24, 2.45) is 11.8 Å². The van der Waals surface area contributed by atoms with E-state index in [0.29, 0.717) is 11.1 Å². The molecule has 23 nitrogen and oxygen atoms in total. The topological polar surface area (TPSA) is 326 Å². The molecule has 4 rings (SSSR count). The number of nitrogens with zero attached hydrogens (tertiary/aromatic N) is 2. The third-order valence-corrected chi connectivity index (χ3v) is 12.3.